The van der Waals surface area contributed by atoms with Gasteiger partial charge in [0.15, 0.2) is 0 Å². The smallest absolute Gasteiger partial charge is 0.321 e. The van der Waals surface area contributed by atoms with Gasteiger partial charge in [-0.05, 0) is 44.5 Å². The minimum atomic E-state index is -4.06. The van der Waals surface area contributed by atoms with E-state index < -0.39 is 27.6 Å². The van der Waals surface area contributed by atoms with Crippen LogP contribution >= 0.6 is 0 Å². The second-order valence-electron chi connectivity index (χ2n) is 6.92. The molecule has 1 heterocycles. The second kappa shape index (κ2) is 7.24. The largest absolute Gasteiger partial charge is 0.487 e. The third-order valence-corrected chi connectivity index (χ3v) is 6.10. The number of nitrogens with zero attached hydrogens (tertiary/aromatic N) is 1. The fraction of sp³-hybridized carbons (Fsp3) is 0.529. The van der Waals surface area contributed by atoms with Crippen molar-refractivity contribution in [1.29, 1.82) is 0 Å². The first-order chi connectivity index (χ1) is 11.9. The van der Waals surface area contributed by atoms with Gasteiger partial charge in [-0.25, -0.2) is 8.42 Å². The van der Waals surface area contributed by atoms with Gasteiger partial charge in [-0.3, -0.25) is 9.59 Å². The van der Waals surface area contributed by atoms with Crippen LogP contribution in [0.1, 0.15) is 33.3 Å². The molecule has 1 unspecified atom stereocenters. The lowest BCUT2D eigenvalue weighted by Crippen LogP contribution is -2.46. The van der Waals surface area contributed by atoms with Gasteiger partial charge in [0, 0.05) is 26.4 Å². The number of aliphatic carboxylic acids is 1. The Hall–Kier alpha value is -2.13. The van der Waals surface area contributed by atoms with Crippen molar-refractivity contribution < 1.29 is 27.9 Å². The van der Waals surface area contributed by atoms with Crippen LogP contribution in [0.2, 0.25) is 0 Å². The number of carboxylic acid groups (broad SMARTS) is 1. The maximum absolute atomic E-state index is 13.0. The van der Waals surface area contributed by atoms with Gasteiger partial charge < -0.3 is 15.2 Å². The van der Waals surface area contributed by atoms with Gasteiger partial charge in [-0.15, -0.1) is 0 Å². The number of nitrogens with one attached hydrogen (secondary N) is 1. The molecule has 8 nitrogen and oxygen atoms in total. The van der Waals surface area contributed by atoms with Crippen molar-refractivity contribution in [1.82, 2.24) is 9.62 Å². The molecule has 1 aliphatic heterocycles. The Morgan fingerprint density at radius 1 is 1.38 bits per heavy atom. The Labute approximate surface area is 153 Å². The molecular weight excluding hydrogens is 360 g/mol. The molecule has 1 amide bonds. The average Bonchev–Trinajstić information content (AvgIpc) is 2.83. The maximum Gasteiger partial charge on any atom is 0.321 e. The highest BCUT2D eigenvalue weighted by atomic mass is 32.2. The van der Waals surface area contributed by atoms with E-state index in [1.54, 1.807) is 6.07 Å². The molecule has 1 aromatic carbocycles. The average molecular weight is 384 g/mol. The number of amides is 1. The molecule has 0 aromatic heterocycles. The molecule has 144 valence electrons. The van der Waals surface area contributed by atoms with Crippen molar-refractivity contribution in [2.45, 2.75) is 50.7 Å². The lowest BCUT2D eigenvalue weighted by molar-refractivity contribution is -0.140. The van der Waals surface area contributed by atoms with Gasteiger partial charge in [-0.2, -0.15) is 4.31 Å². The number of hydrogen-bond donors (Lipinski definition) is 2. The van der Waals surface area contributed by atoms with Crippen molar-refractivity contribution in [2.75, 3.05) is 13.1 Å². The number of hydrogen-bond acceptors (Lipinski definition) is 5. The molecule has 9 heteroatoms. The Morgan fingerprint density at radius 3 is 2.62 bits per heavy atom. The molecule has 26 heavy (non-hydrogen) atoms. The number of sulfonamides is 1. The summed E-state index contributed by atoms with van der Waals surface area (Å²) in [6.07, 6.45) is 0.562. The zero-order chi connectivity index (χ0) is 19.7. The molecule has 0 saturated heterocycles. The molecule has 1 aromatic rings. The van der Waals surface area contributed by atoms with E-state index in [4.69, 9.17) is 4.74 Å². The molecule has 0 bridgehead atoms. The summed E-state index contributed by atoms with van der Waals surface area (Å²) in [4.78, 5) is 22.4. The zero-order valence-electron chi connectivity index (χ0n) is 15.3. The topological polar surface area (TPSA) is 113 Å². The normalized spacial score (nSPS) is 16.7. The van der Waals surface area contributed by atoms with Crippen LogP contribution in [0, 0.1) is 0 Å². The van der Waals surface area contributed by atoms with Crippen LogP contribution in [-0.2, 0) is 26.0 Å². The number of rotatable bonds is 7. The number of carboxylic acids is 1. The molecule has 0 radical (unpaired) electrons. The summed E-state index contributed by atoms with van der Waals surface area (Å²) in [6, 6.07) is 3.26. The Balaban J connectivity index is 2.34. The van der Waals surface area contributed by atoms with Crippen molar-refractivity contribution in [3.8, 4) is 5.75 Å². The molecule has 0 spiro atoms. The van der Waals surface area contributed by atoms with Gasteiger partial charge in [0.1, 0.15) is 17.4 Å². The SMILES string of the molecule is CC(=O)NCCN(C(C)C(=O)O)S(=O)(=O)c1ccc2c(c1)CC(C)(C)O2. The van der Waals surface area contributed by atoms with Crippen LogP contribution in [-0.4, -0.2) is 54.4 Å². The van der Waals surface area contributed by atoms with E-state index in [0.29, 0.717) is 12.2 Å². The highest BCUT2D eigenvalue weighted by Crippen LogP contribution is 2.36. The zero-order valence-corrected chi connectivity index (χ0v) is 16.1. The van der Waals surface area contributed by atoms with E-state index in [1.807, 2.05) is 13.8 Å². The molecule has 0 saturated carbocycles. The first kappa shape index (κ1) is 20.2. The van der Waals surface area contributed by atoms with E-state index in [2.05, 4.69) is 5.32 Å². The monoisotopic (exact) mass is 384 g/mol. The number of fused-ring (bicyclic) bond motifs is 1. The minimum absolute atomic E-state index is 0.00785. The molecular formula is C17H24N2O6S. The van der Waals surface area contributed by atoms with E-state index in [9.17, 15) is 23.1 Å². The molecule has 2 rings (SSSR count). The predicted molar refractivity (Wildman–Crippen MR) is 94.5 cm³/mol. The third-order valence-electron chi connectivity index (χ3n) is 4.14. The van der Waals surface area contributed by atoms with E-state index in [-0.39, 0.29) is 23.9 Å². The lowest BCUT2D eigenvalue weighted by atomic mass is 10.0. The maximum atomic E-state index is 13.0. The van der Waals surface area contributed by atoms with Crippen LogP contribution in [0.25, 0.3) is 0 Å². The van der Waals surface area contributed by atoms with Gasteiger partial charge in [-0.1, -0.05) is 0 Å². The molecule has 1 aliphatic rings. The first-order valence-electron chi connectivity index (χ1n) is 8.25. The summed E-state index contributed by atoms with van der Waals surface area (Å²) >= 11 is 0. The van der Waals surface area contributed by atoms with Crippen molar-refractivity contribution in [3.63, 3.8) is 0 Å². The summed E-state index contributed by atoms with van der Waals surface area (Å²) in [5, 5.41) is 11.8. The van der Waals surface area contributed by atoms with E-state index in [0.717, 1.165) is 9.87 Å². The van der Waals surface area contributed by atoms with Gasteiger partial charge >= 0.3 is 5.97 Å². The van der Waals surface area contributed by atoms with Crippen molar-refractivity contribution in [2.24, 2.45) is 0 Å². The molecule has 0 fully saturated rings. The first-order valence-corrected chi connectivity index (χ1v) is 9.69. The van der Waals surface area contributed by atoms with Crippen LogP contribution in [0.4, 0.5) is 0 Å². The van der Waals surface area contributed by atoms with Gasteiger partial charge in [0.2, 0.25) is 15.9 Å². The minimum Gasteiger partial charge on any atom is -0.487 e. The Kier molecular flexibility index (Phi) is 5.62. The van der Waals surface area contributed by atoms with Crippen LogP contribution in [0.15, 0.2) is 23.1 Å². The number of carbonyl (C=O) groups is 2. The second-order valence-corrected chi connectivity index (χ2v) is 8.81. The number of ether oxygens (including phenoxy) is 1. The Bertz CT molecular complexity index is 819. The van der Waals surface area contributed by atoms with Gasteiger partial charge in [0.25, 0.3) is 0 Å². The molecule has 1 atom stereocenters. The highest BCUT2D eigenvalue weighted by molar-refractivity contribution is 7.89. The summed E-state index contributed by atoms with van der Waals surface area (Å²) in [5.74, 6) is -0.950. The lowest BCUT2D eigenvalue weighted by Gasteiger charge is -2.26. The van der Waals surface area contributed by atoms with Crippen LogP contribution < -0.4 is 10.1 Å². The summed E-state index contributed by atoms with van der Waals surface area (Å²) in [5.41, 5.74) is 0.352. The molecule has 0 aliphatic carbocycles. The standard InChI is InChI=1S/C17H24N2O6S/c1-11(16(21)22)19(8-7-18-12(2)20)26(23,24)14-5-6-15-13(9-14)10-17(3,4)25-15/h5-6,9,11H,7-8,10H2,1-4H3,(H,18,20)(H,21,22). The van der Waals surface area contributed by atoms with Crippen LogP contribution in [0.3, 0.4) is 0 Å². The van der Waals surface area contributed by atoms with E-state index >= 15 is 0 Å². The van der Waals surface area contributed by atoms with Crippen LogP contribution in [0.5, 0.6) is 5.75 Å². The quantitative estimate of drug-likeness (QED) is 0.725. The van der Waals surface area contributed by atoms with Crippen molar-refractivity contribution in [3.05, 3.63) is 23.8 Å². The summed E-state index contributed by atoms with van der Waals surface area (Å²) in [7, 11) is -4.06. The fourth-order valence-electron chi connectivity index (χ4n) is 2.87. The van der Waals surface area contributed by atoms with Crippen molar-refractivity contribution >= 4 is 21.9 Å². The summed E-state index contributed by atoms with van der Waals surface area (Å²) in [6.45, 7) is 6.30. The fourth-order valence-corrected chi connectivity index (χ4v) is 4.51. The highest BCUT2D eigenvalue weighted by Gasteiger charge is 2.35. The van der Waals surface area contributed by atoms with E-state index in [1.165, 1.54) is 26.0 Å². The Morgan fingerprint density at radius 2 is 2.04 bits per heavy atom. The van der Waals surface area contributed by atoms with Gasteiger partial charge in [0.05, 0.1) is 4.90 Å². The number of carbonyl (C=O) groups excluding carboxylic acids is 1. The molecule has 2 N–H and O–H groups in total. The third kappa shape index (κ3) is 4.34. The summed E-state index contributed by atoms with van der Waals surface area (Å²) < 4.78 is 32.7. The number of benzene rings is 1. The predicted octanol–water partition coefficient (Wildman–Crippen LogP) is 1.000.